The standard InChI is InChI=1S/C19H44N5.2ClH/c1-4-24(5-2,6-3)19-9-17-23-16-8-12-21-14-13-20-10-7-11-22-15-18-23;;/h20-22H,4-19H2,1-3H3;2*1H/q+1;;/p-1. The highest BCUT2D eigenvalue weighted by molar-refractivity contribution is 5.85. The normalized spacial score (nSPS) is 19.0. The molecule has 0 radical (unpaired) electrons. The minimum absolute atomic E-state index is 0. The molecule has 5 nitrogen and oxygen atoms in total. The highest BCUT2D eigenvalue weighted by Crippen LogP contribution is 2.08. The van der Waals surface area contributed by atoms with E-state index in [9.17, 15) is 0 Å². The van der Waals surface area contributed by atoms with Crippen molar-refractivity contribution in [2.75, 3.05) is 85.1 Å². The summed E-state index contributed by atoms with van der Waals surface area (Å²) in [5.74, 6) is 0. The maximum atomic E-state index is 3.61. The van der Waals surface area contributed by atoms with Crippen molar-refractivity contribution in [3.8, 4) is 0 Å². The SMILES string of the molecule is CC[N+](CC)(CC)CCCN1CCCNCCNCCCNCC1.Cl.[Cl-]. The first-order chi connectivity index (χ1) is 11.8. The molecule has 1 fully saturated rings. The number of hydrogen-bond donors (Lipinski definition) is 3. The number of rotatable bonds is 7. The fourth-order valence-electron chi connectivity index (χ4n) is 3.67. The molecule has 1 aliphatic rings. The van der Waals surface area contributed by atoms with Gasteiger partial charge in [-0.15, -0.1) is 12.4 Å². The molecular formula is C19H45Cl2N5. The summed E-state index contributed by atoms with van der Waals surface area (Å²) in [6.07, 6.45) is 3.81. The summed E-state index contributed by atoms with van der Waals surface area (Å²) < 4.78 is 1.28. The second kappa shape index (κ2) is 18.7. The molecule has 0 unspecified atom stereocenters. The van der Waals surface area contributed by atoms with Crippen LogP contribution in [-0.4, -0.2) is 94.5 Å². The molecule has 7 heteroatoms. The lowest BCUT2D eigenvalue weighted by molar-refractivity contribution is -0.923. The fourth-order valence-corrected chi connectivity index (χ4v) is 3.67. The zero-order valence-electron chi connectivity index (χ0n) is 17.5. The van der Waals surface area contributed by atoms with Crippen molar-refractivity contribution < 1.29 is 16.9 Å². The Morgan fingerprint density at radius 1 is 0.731 bits per heavy atom. The van der Waals surface area contributed by atoms with Crippen molar-refractivity contribution in [2.24, 2.45) is 0 Å². The fraction of sp³-hybridized carbons (Fsp3) is 1.00. The molecule has 0 spiro atoms. The van der Waals surface area contributed by atoms with Crippen LogP contribution in [0.5, 0.6) is 0 Å². The molecule has 0 aliphatic carbocycles. The molecule has 1 rings (SSSR count). The van der Waals surface area contributed by atoms with Gasteiger partial charge in [0.25, 0.3) is 0 Å². The topological polar surface area (TPSA) is 39.3 Å². The zero-order chi connectivity index (χ0) is 17.5. The van der Waals surface area contributed by atoms with E-state index >= 15 is 0 Å². The van der Waals surface area contributed by atoms with Gasteiger partial charge in [-0.2, -0.15) is 0 Å². The molecular weight excluding hydrogens is 369 g/mol. The second-order valence-corrected chi connectivity index (χ2v) is 7.17. The quantitative estimate of drug-likeness (QED) is 0.446. The van der Waals surface area contributed by atoms with Crippen LogP contribution < -0.4 is 28.4 Å². The zero-order valence-corrected chi connectivity index (χ0v) is 19.1. The van der Waals surface area contributed by atoms with Gasteiger partial charge in [-0.25, -0.2) is 0 Å². The van der Waals surface area contributed by atoms with E-state index in [1.54, 1.807) is 0 Å². The molecule has 1 saturated heterocycles. The lowest BCUT2D eigenvalue weighted by Gasteiger charge is -2.36. The molecule has 0 aromatic heterocycles. The van der Waals surface area contributed by atoms with E-state index in [0.717, 1.165) is 39.3 Å². The van der Waals surface area contributed by atoms with Crippen molar-refractivity contribution in [3.05, 3.63) is 0 Å². The van der Waals surface area contributed by atoms with Crippen molar-refractivity contribution in [1.82, 2.24) is 20.9 Å². The van der Waals surface area contributed by atoms with E-state index in [0.29, 0.717) is 0 Å². The Balaban J connectivity index is 0. The molecule has 0 amide bonds. The molecule has 1 aliphatic heterocycles. The van der Waals surface area contributed by atoms with Gasteiger partial charge >= 0.3 is 0 Å². The van der Waals surface area contributed by atoms with Crippen LogP contribution in [0.1, 0.15) is 40.0 Å². The predicted molar refractivity (Wildman–Crippen MR) is 113 cm³/mol. The highest BCUT2D eigenvalue weighted by Gasteiger charge is 2.20. The van der Waals surface area contributed by atoms with Gasteiger partial charge in [-0.1, -0.05) is 0 Å². The van der Waals surface area contributed by atoms with Gasteiger partial charge in [0, 0.05) is 39.1 Å². The van der Waals surface area contributed by atoms with E-state index in [4.69, 9.17) is 0 Å². The summed E-state index contributed by atoms with van der Waals surface area (Å²) in [5.41, 5.74) is 0. The number of quaternary nitrogens is 1. The van der Waals surface area contributed by atoms with Crippen LogP contribution in [0.4, 0.5) is 0 Å². The number of hydrogen-bond acceptors (Lipinski definition) is 4. The average Bonchev–Trinajstić information content (AvgIpc) is 2.62. The Bertz CT molecular complexity index is 269. The van der Waals surface area contributed by atoms with Crippen LogP contribution in [-0.2, 0) is 0 Å². The van der Waals surface area contributed by atoms with Crippen molar-refractivity contribution in [1.29, 1.82) is 0 Å². The molecule has 0 aromatic rings. The third kappa shape index (κ3) is 12.7. The smallest absolute Gasteiger partial charge is 0.0798 e. The largest absolute Gasteiger partial charge is 1.00 e. The monoisotopic (exact) mass is 413 g/mol. The van der Waals surface area contributed by atoms with Crippen molar-refractivity contribution in [3.63, 3.8) is 0 Å². The summed E-state index contributed by atoms with van der Waals surface area (Å²) in [6, 6.07) is 0. The molecule has 1 heterocycles. The van der Waals surface area contributed by atoms with Gasteiger partial charge in [-0.3, -0.25) is 0 Å². The lowest BCUT2D eigenvalue weighted by Crippen LogP contribution is -3.00. The number of nitrogens with one attached hydrogen (secondary N) is 3. The minimum Gasteiger partial charge on any atom is -1.00 e. The van der Waals surface area contributed by atoms with E-state index in [2.05, 4.69) is 41.6 Å². The van der Waals surface area contributed by atoms with E-state index < -0.39 is 0 Å². The molecule has 3 N–H and O–H groups in total. The molecule has 26 heavy (non-hydrogen) atoms. The van der Waals surface area contributed by atoms with Crippen LogP contribution in [0.15, 0.2) is 0 Å². The van der Waals surface area contributed by atoms with Gasteiger partial charge in [0.2, 0.25) is 0 Å². The van der Waals surface area contributed by atoms with E-state index in [1.807, 2.05) is 0 Å². The van der Waals surface area contributed by atoms with Crippen LogP contribution in [0.3, 0.4) is 0 Å². The van der Waals surface area contributed by atoms with Crippen LogP contribution in [0, 0.1) is 0 Å². The Kier molecular flexibility index (Phi) is 20.6. The predicted octanol–water partition coefficient (Wildman–Crippen LogP) is -1.46. The van der Waals surface area contributed by atoms with Crippen molar-refractivity contribution >= 4 is 12.4 Å². The third-order valence-electron chi connectivity index (χ3n) is 5.74. The Morgan fingerprint density at radius 2 is 1.27 bits per heavy atom. The molecule has 0 saturated carbocycles. The first-order valence-electron chi connectivity index (χ1n) is 10.5. The summed E-state index contributed by atoms with van der Waals surface area (Å²) in [6.45, 7) is 22.6. The second-order valence-electron chi connectivity index (χ2n) is 7.17. The van der Waals surface area contributed by atoms with Gasteiger partial charge in [0.05, 0.1) is 26.2 Å². The Labute approximate surface area is 175 Å². The lowest BCUT2D eigenvalue weighted by atomic mass is 10.2. The van der Waals surface area contributed by atoms with Crippen LogP contribution in [0.25, 0.3) is 0 Å². The van der Waals surface area contributed by atoms with Crippen LogP contribution in [0.2, 0.25) is 0 Å². The van der Waals surface area contributed by atoms with E-state index in [-0.39, 0.29) is 24.8 Å². The van der Waals surface area contributed by atoms with Crippen molar-refractivity contribution in [2.45, 2.75) is 40.0 Å². The number of nitrogens with zero attached hydrogens (tertiary/aromatic N) is 2. The maximum Gasteiger partial charge on any atom is 0.0798 e. The first kappa shape index (κ1) is 28.6. The first-order valence-corrected chi connectivity index (χ1v) is 10.5. The van der Waals surface area contributed by atoms with E-state index in [1.165, 1.54) is 69.6 Å². The molecule has 0 aromatic carbocycles. The average molecular weight is 415 g/mol. The summed E-state index contributed by atoms with van der Waals surface area (Å²) in [4.78, 5) is 2.67. The van der Waals surface area contributed by atoms with Gasteiger partial charge in [-0.05, 0) is 59.8 Å². The van der Waals surface area contributed by atoms with Crippen LogP contribution >= 0.6 is 12.4 Å². The maximum absolute atomic E-state index is 3.61. The Morgan fingerprint density at radius 3 is 1.85 bits per heavy atom. The van der Waals surface area contributed by atoms with Gasteiger partial charge < -0.3 is 37.7 Å². The van der Waals surface area contributed by atoms with Gasteiger partial charge in [0.15, 0.2) is 0 Å². The Hall–Kier alpha value is 0.380. The van der Waals surface area contributed by atoms with Gasteiger partial charge in [0.1, 0.15) is 0 Å². The summed E-state index contributed by atoms with van der Waals surface area (Å²) in [5, 5.41) is 10.7. The summed E-state index contributed by atoms with van der Waals surface area (Å²) in [7, 11) is 0. The summed E-state index contributed by atoms with van der Waals surface area (Å²) >= 11 is 0. The highest BCUT2D eigenvalue weighted by atomic mass is 35.5. The third-order valence-corrected chi connectivity index (χ3v) is 5.74. The molecule has 0 bridgehead atoms. The minimum atomic E-state index is 0. The number of halogens is 2. The molecule has 0 atom stereocenters. The molecule has 160 valence electrons.